The van der Waals surface area contributed by atoms with Crippen LogP contribution < -0.4 is 0 Å². The number of allylic oxidation sites excluding steroid dienone is 4. The second-order valence-electron chi connectivity index (χ2n) is 8.05. The molecule has 0 unspecified atom stereocenters. The lowest BCUT2D eigenvalue weighted by molar-refractivity contribution is -0.0942. The van der Waals surface area contributed by atoms with E-state index in [-0.39, 0.29) is 5.41 Å². The van der Waals surface area contributed by atoms with Gasteiger partial charge in [-0.05, 0) is 80.6 Å². The van der Waals surface area contributed by atoms with Crippen molar-refractivity contribution in [2.45, 2.75) is 63.9 Å². The third-order valence-corrected chi connectivity index (χ3v) is 7.74. The van der Waals surface area contributed by atoms with Crippen LogP contribution in [0.15, 0.2) is 23.8 Å². The summed E-state index contributed by atoms with van der Waals surface area (Å²) in [7, 11) is 0. The molecule has 1 nitrogen and oxygen atoms in total. The van der Waals surface area contributed by atoms with E-state index in [4.69, 9.17) is 6.42 Å². The Morgan fingerprint density at radius 2 is 2.14 bits per heavy atom. The summed E-state index contributed by atoms with van der Waals surface area (Å²) in [5.74, 6) is 5.79. The van der Waals surface area contributed by atoms with Gasteiger partial charge in [-0.2, -0.15) is 0 Å². The molecule has 0 spiro atoms. The highest BCUT2D eigenvalue weighted by molar-refractivity contribution is 5.31. The lowest BCUT2D eigenvalue weighted by Gasteiger charge is -2.55. The molecule has 0 radical (unpaired) electrons. The summed E-state index contributed by atoms with van der Waals surface area (Å²) in [5.41, 5.74) is 0.730. The van der Waals surface area contributed by atoms with Gasteiger partial charge < -0.3 is 5.11 Å². The minimum atomic E-state index is -0.853. The van der Waals surface area contributed by atoms with E-state index in [1.807, 2.05) is 0 Å². The number of fused-ring (bicyclic) bond motifs is 5. The first-order valence-electron chi connectivity index (χ1n) is 9.22. The zero-order valence-electron chi connectivity index (χ0n) is 13.7. The molecule has 1 heteroatoms. The van der Waals surface area contributed by atoms with Crippen LogP contribution in [0, 0.1) is 41.4 Å². The van der Waals surface area contributed by atoms with E-state index >= 15 is 0 Å². The molecule has 118 valence electrons. The summed E-state index contributed by atoms with van der Waals surface area (Å²) in [6.45, 7) is 2.24. The van der Waals surface area contributed by atoms with E-state index in [0.717, 1.165) is 43.4 Å². The zero-order chi connectivity index (χ0) is 15.4. The van der Waals surface area contributed by atoms with E-state index < -0.39 is 5.60 Å². The van der Waals surface area contributed by atoms with Gasteiger partial charge in [0.25, 0.3) is 0 Å². The first kappa shape index (κ1) is 14.6. The van der Waals surface area contributed by atoms with Gasteiger partial charge in [-0.25, -0.2) is 0 Å². The molecule has 2 saturated carbocycles. The number of hydrogen-bond acceptors (Lipinski definition) is 1. The van der Waals surface area contributed by atoms with Gasteiger partial charge in [0.2, 0.25) is 0 Å². The van der Waals surface area contributed by atoms with Crippen LogP contribution >= 0.6 is 0 Å². The Bertz CT molecular complexity index is 565. The summed E-state index contributed by atoms with van der Waals surface area (Å²) in [4.78, 5) is 0. The quantitative estimate of drug-likeness (QED) is 0.707. The minimum absolute atomic E-state index is 0.0151. The first-order valence-corrected chi connectivity index (χ1v) is 9.22. The summed E-state index contributed by atoms with van der Waals surface area (Å²) in [6.07, 6.45) is 22.1. The number of rotatable bonds is 1. The van der Waals surface area contributed by atoms with Crippen molar-refractivity contribution in [1.29, 1.82) is 0 Å². The standard InChI is InChI=1S/C21H28O/c1-3-20-13-11-17-16-8-6-5-7-15(16)9-10-18(17)19(20)12-14-21(20,22)4-2/h2,5,7,9,16-19,22H,3,6,8,10-14H2,1H3/t16-,17+,18+,19-,20-,21-/m0/s1. The van der Waals surface area contributed by atoms with Gasteiger partial charge in [0.15, 0.2) is 0 Å². The van der Waals surface area contributed by atoms with Crippen molar-refractivity contribution >= 4 is 0 Å². The molecule has 0 amide bonds. The van der Waals surface area contributed by atoms with Crippen molar-refractivity contribution in [1.82, 2.24) is 0 Å². The van der Waals surface area contributed by atoms with Crippen LogP contribution in [0.1, 0.15) is 58.3 Å². The molecule has 2 fully saturated rings. The average Bonchev–Trinajstić information content (AvgIpc) is 2.89. The number of hydrogen-bond donors (Lipinski definition) is 1. The van der Waals surface area contributed by atoms with Crippen LogP contribution in [-0.4, -0.2) is 10.7 Å². The zero-order valence-corrected chi connectivity index (χ0v) is 13.7. The van der Waals surface area contributed by atoms with Crippen molar-refractivity contribution in [3.05, 3.63) is 23.8 Å². The first-order chi connectivity index (χ1) is 10.6. The van der Waals surface area contributed by atoms with Crippen LogP contribution in [0.2, 0.25) is 0 Å². The summed E-state index contributed by atoms with van der Waals surface area (Å²) >= 11 is 0. The fraction of sp³-hybridized carbons (Fsp3) is 0.714. The Morgan fingerprint density at radius 3 is 2.91 bits per heavy atom. The Balaban J connectivity index is 1.71. The van der Waals surface area contributed by atoms with Crippen molar-refractivity contribution in [3.8, 4) is 12.3 Å². The van der Waals surface area contributed by atoms with Crippen molar-refractivity contribution in [2.75, 3.05) is 0 Å². The molecular formula is C21H28O. The van der Waals surface area contributed by atoms with Crippen LogP contribution in [0.25, 0.3) is 0 Å². The molecule has 1 N–H and O–H groups in total. The molecule has 0 aromatic carbocycles. The monoisotopic (exact) mass is 296 g/mol. The van der Waals surface area contributed by atoms with E-state index in [2.05, 4.69) is 31.1 Å². The molecule has 4 rings (SSSR count). The molecule has 22 heavy (non-hydrogen) atoms. The van der Waals surface area contributed by atoms with Crippen LogP contribution in [0.3, 0.4) is 0 Å². The maximum absolute atomic E-state index is 11.1. The molecule has 0 bridgehead atoms. The largest absolute Gasteiger partial charge is 0.377 e. The lowest BCUT2D eigenvalue weighted by Crippen LogP contribution is -2.53. The second kappa shape index (κ2) is 5.00. The van der Waals surface area contributed by atoms with Gasteiger partial charge in [-0.15, -0.1) is 6.42 Å². The lowest BCUT2D eigenvalue weighted by atomic mass is 9.50. The van der Waals surface area contributed by atoms with E-state index in [1.165, 1.54) is 25.7 Å². The SMILES string of the molecule is C#C[C@]1(O)CC[C@H]2[C@@H]3CC=C4C=CCC[C@@H]4[C@H]3CC[C@@]21CC. The Labute approximate surface area is 134 Å². The van der Waals surface area contributed by atoms with Crippen LogP contribution in [-0.2, 0) is 0 Å². The third-order valence-electron chi connectivity index (χ3n) is 7.74. The topological polar surface area (TPSA) is 20.2 Å². The highest BCUT2D eigenvalue weighted by Crippen LogP contribution is 2.65. The fourth-order valence-electron chi connectivity index (χ4n) is 6.67. The summed E-state index contributed by atoms with van der Waals surface area (Å²) < 4.78 is 0. The minimum Gasteiger partial charge on any atom is -0.377 e. The predicted octanol–water partition coefficient (Wildman–Crippen LogP) is 4.48. The molecule has 4 aliphatic rings. The van der Waals surface area contributed by atoms with Gasteiger partial charge >= 0.3 is 0 Å². The van der Waals surface area contributed by atoms with Crippen LogP contribution in [0.5, 0.6) is 0 Å². The van der Waals surface area contributed by atoms with Gasteiger partial charge in [0.05, 0.1) is 0 Å². The normalized spacial score (nSPS) is 49.6. The van der Waals surface area contributed by atoms with Gasteiger partial charge in [-0.1, -0.05) is 31.1 Å². The van der Waals surface area contributed by atoms with E-state index in [9.17, 15) is 5.11 Å². The van der Waals surface area contributed by atoms with Crippen LogP contribution in [0.4, 0.5) is 0 Å². The maximum Gasteiger partial charge on any atom is 0.131 e. The fourth-order valence-corrected chi connectivity index (χ4v) is 6.67. The van der Waals surface area contributed by atoms with Crippen molar-refractivity contribution < 1.29 is 5.11 Å². The second-order valence-corrected chi connectivity index (χ2v) is 8.05. The summed E-state index contributed by atoms with van der Waals surface area (Å²) in [5, 5.41) is 11.1. The average molecular weight is 296 g/mol. The van der Waals surface area contributed by atoms with E-state index in [0.29, 0.717) is 5.92 Å². The molecular weight excluding hydrogens is 268 g/mol. The smallest absolute Gasteiger partial charge is 0.131 e. The predicted molar refractivity (Wildman–Crippen MR) is 90.0 cm³/mol. The molecule has 0 aromatic rings. The highest BCUT2D eigenvalue weighted by Gasteiger charge is 2.62. The van der Waals surface area contributed by atoms with Crippen molar-refractivity contribution in [3.63, 3.8) is 0 Å². The Morgan fingerprint density at radius 1 is 1.27 bits per heavy atom. The Kier molecular flexibility index (Phi) is 3.31. The molecule has 0 aromatic heterocycles. The molecule has 4 aliphatic carbocycles. The summed E-state index contributed by atoms with van der Waals surface area (Å²) in [6, 6.07) is 0. The maximum atomic E-state index is 11.1. The molecule has 0 heterocycles. The van der Waals surface area contributed by atoms with E-state index in [1.54, 1.807) is 5.57 Å². The molecule has 6 atom stereocenters. The third kappa shape index (κ3) is 1.71. The van der Waals surface area contributed by atoms with Crippen molar-refractivity contribution in [2.24, 2.45) is 29.1 Å². The van der Waals surface area contributed by atoms with Gasteiger partial charge in [0, 0.05) is 5.41 Å². The highest BCUT2D eigenvalue weighted by atomic mass is 16.3. The Hall–Kier alpha value is -1.00. The molecule has 0 saturated heterocycles. The number of aliphatic hydroxyl groups is 1. The van der Waals surface area contributed by atoms with Gasteiger partial charge in [-0.3, -0.25) is 0 Å². The molecule has 0 aliphatic heterocycles. The van der Waals surface area contributed by atoms with Gasteiger partial charge in [0.1, 0.15) is 5.60 Å². The number of terminal acetylenes is 1.